The van der Waals surface area contributed by atoms with Crippen LogP contribution in [0.15, 0.2) is 29.1 Å². The Kier molecular flexibility index (Phi) is 5.81. The van der Waals surface area contributed by atoms with Gasteiger partial charge in [0, 0.05) is 12.1 Å². The predicted molar refractivity (Wildman–Crippen MR) is 90.5 cm³/mol. The van der Waals surface area contributed by atoms with Crippen LogP contribution in [0, 0.1) is 12.7 Å². The molecule has 1 heterocycles. The molecule has 7 heteroatoms. The first-order chi connectivity index (χ1) is 11.4. The Bertz CT molecular complexity index is 786. The molecule has 1 aromatic carbocycles. The molecule has 2 aromatic rings. The molecule has 0 saturated carbocycles. The number of nitrogens with one attached hydrogen (secondary N) is 2. The summed E-state index contributed by atoms with van der Waals surface area (Å²) < 4.78 is 14.0. The molecular formula is C17H21FN4O2. The van der Waals surface area contributed by atoms with Crippen LogP contribution in [0.2, 0.25) is 0 Å². The Hall–Kier alpha value is -2.54. The summed E-state index contributed by atoms with van der Waals surface area (Å²) in [4.78, 5) is 32.1. The summed E-state index contributed by atoms with van der Waals surface area (Å²) in [5.74, 6) is -0.904. The molecule has 0 saturated heterocycles. The Labute approximate surface area is 139 Å². The van der Waals surface area contributed by atoms with Crippen LogP contribution in [0.3, 0.4) is 0 Å². The fraction of sp³-hybridized carbons (Fsp3) is 0.353. The minimum Gasteiger partial charge on any atom is -0.351 e. The predicted octanol–water partition coefficient (Wildman–Crippen LogP) is 1.57. The molecule has 2 rings (SSSR count). The van der Waals surface area contributed by atoms with Crippen LogP contribution in [0.1, 0.15) is 22.5 Å². The van der Waals surface area contributed by atoms with Gasteiger partial charge in [-0.3, -0.25) is 4.79 Å². The molecule has 6 nitrogen and oxygen atoms in total. The summed E-state index contributed by atoms with van der Waals surface area (Å²) in [6.07, 6.45) is 0.785. The molecule has 2 N–H and O–H groups in total. The number of H-pyrrole nitrogens is 1. The quantitative estimate of drug-likeness (QED) is 0.787. The third-order valence-corrected chi connectivity index (χ3v) is 3.45. The van der Waals surface area contributed by atoms with Crippen molar-refractivity contribution >= 4 is 5.91 Å². The first-order valence-corrected chi connectivity index (χ1v) is 7.67. The second kappa shape index (κ2) is 7.83. The van der Waals surface area contributed by atoms with Gasteiger partial charge in [-0.1, -0.05) is 11.6 Å². The first-order valence-electron chi connectivity index (χ1n) is 7.67. The number of carbonyl (C=O) groups is 1. The van der Waals surface area contributed by atoms with E-state index < -0.39 is 17.4 Å². The number of hydrogen-bond donors (Lipinski definition) is 2. The molecule has 0 radical (unpaired) electrons. The lowest BCUT2D eigenvalue weighted by Gasteiger charge is -2.10. The van der Waals surface area contributed by atoms with Crippen molar-refractivity contribution in [1.29, 1.82) is 0 Å². The Morgan fingerprint density at radius 3 is 2.79 bits per heavy atom. The number of halogens is 1. The van der Waals surface area contributed by atoms with Gasteiger partial charge in [0.1, 0.15) is 11.5 Å². The third-order valence-electron chi connectivity index (χ3n) is 3.45. The van der Waals surface area contributed by atoms with Crippen molar-refractivity contribution in [1.82, 2.24) is 20.2 Å². The number of amides is 1. The second-order valence-electron chi connectivity index (χ2n) is 5.88. The Balaban J connectivity index is 2.21. The lowest BCUT2D eigenvalue weighted by molar-refractivity contribution is 0.0947. The molecule has 0 fully saturated rings. The van der Waals surface area contributed by atoms with Gasteiger partial charge in [-0.05, 0) is 52.2 Å². The van der Waals surface area contributed by atoms with Gasteiger partial charge in [-0.15, -0.1) is 0 Å². The van der Waals surface area contributed by atoms with E-state index in [2.05, 4.69) is 15.3 Å². The summed E-state index contributed by atoms with van der Waals surface area (Å²) in [6.45, 7) is 3.14. The molecule has 0 aliphatic rings. The molecule has 0 atom stereocenters. The summed E-state index contributed by atoms with van der Waals surface area (Å²) >= 11 is 0. The van der Waals surface area contributed by atoms with Crippen molar-refractivity contribution in [2.24, 2.45) is 0 Å². The smallest absolute Gasteiger partial charge is 0.346 e. The lowest BCUT2D eigenvalue weighted by Crippen LogP contribution is -2.29. The average molecular weight is 332 g/mol. The number of aromatic amines is 1. The maximum atomic E-state index is 14.0. The van der Waals surface area contributed by atoms with E-state index in [0.29, 0.717) is 6.54 Å². The lowest BCUT2D eigenvalue weighted by atomic mass is 10.1. The standard InChI is InChI=1S/C17H21FN4O2/c1-11-5-6-13(18)12(9-11)14-10-15(21-17(24)20-14)16(23)19-7-4-8-22(2)3/h5-6,9-10H,4,7-8H2,1-3H3,(H,19,23)(H,20,21,24). The van der Waals surface area contributed by atoms with E-state index in [4.69, 9.17) is 0 Å². The van der Waals surface area contributed by atoms with E-state index >= 15 is 0 Å². The molecule has 1 amide bonds. The summed E-state index contributed by atoms with van der Waals surface area (Å²) in [7, 11) is 3.90. The number of benzene rings is 1. The number of hydrogen-bond acceptors (Lipinski definition) is 4. The van der Waals surface area contributed by atoms with Crippen molar-refractivity contribution < 1.29 is 9.18 Å². The number of aromatic nitrogens is 2. The van der Waals surface area contributed by atoms with Crippen LogP contribution in [-0.4, -0.2) is 48.0 Å². The van der Waals surface area contributed by atoms with Gasteiger partial charge >= 0.3 is 5.69 Å². The zero-order valence-corrected chi connectivity index (χ0v) is 14.0. The van der Waals surface area contributed by atoms with Crippen LogP contribution >= 0.6 is 0 Å². The van der Waals surface area contributed by atoms with Crippen LogP contribution < -0.4 is 11.0 Å². The fourth-order valence-corrected chi connectivity index (χ4v) is 2.25. The number of aryl methyl sites for hydroxylation is 1. The summed E-state index contributed by atoms with van der Waals surface area (Å²) in [5, 5.41) is 2.73. The van der Waals surface area contributed by atoms with Crippen LogP contribution in [0.4, 0.5) is 4.39 Å². The third kappa shape index (κ3) is 4.73. The second-order valence-corrected chi connectivity index (χ2v) is 5.88. The molecule has 0 unspecified atom stereocenters. The molecule has 0 bridgehead atoms. The minimum atomic E-state index is -0.688. The van der Waals surface area contributed by atoms with Gasteiger partial charge in [0.15, 0.2) is 0 Å². The van der Waals surface area contributed by atoms with Gasteiger partial charge in [0.05, 0.1) is 5.69 Å². The topological polar surface area (TPSA) is 78.1 Å². The molecule has 128 valence electrons. The van der Waals surface area contributed by atoms with E-state index in [9.17, 15) is 14.0 Å². The highest BCUT2D eigenvalue weighted by atomic mass is 19.1. The molecular weight excluding hydrogens is 311 g/mol. The van der Waals surface area contributed by atoms with Gasteiger partial charge < -0.3 is 15.2 Å². The highest BCUT2D eigenvalue weighted by Crippen LogP contribution is 2.21. The van der Waals surface area contributed by atoms with E-state index in [1.54, 1.807) is 12.1 Å². The van der Waals surface area contributed by atoms with Crippen molar-refractivity contribution in [3.63, 3.8) is 0 Å². The molecule has 1 aromatic heterocycles. The SMILES string of the molecule is Cc1ccc(F)c(-c2cc(C(=O)NCCCN(C)C)[nH]c(=O)n2)c1. The van der Waals surface area contributed by atoms with Crippen molar-refractivity contribution in [2.75, 3.05) is 27.2 Å². The number of rotatable bonds is 6. The Morgan fingerprint density at radius 2 is 2.08 bits per heavy atom. The van der Waals surface area contributed by atoms with Crippen LogP contribution in [-0.2, 0) is 0 Å². The normalized spacial score (nSPS) is 10.9. The number of nitrogens with zero attached hydrogens (tertiary/aromatic N) is 2. The Morgan fingerprint density at radius 1 is 1.33 bits per heavy atom. The highest BCUT2D eigenvalue weighted by molar-refractivity contribution is 5.93. The van der Waals surface area contributed by atoms with Crippen molar-refractivity contribution in [3.8, 4) is 11.3 Å². The zero-order valence-electron chi connectivity index (χ0n) is 14.0. The molecule has 24 heavy (non-hydrogen) atoms. The number of carbonyl (C=O) groups excluding carboxylic acids is 1. The maximum absolute atomic E-state index is 14.0. The zero-order chi connectivity index (χ0) is 17.7. The first kappa shape index (κ1) is 17.8. The fourth-order valence-electron chi connectivity index (χ4n) is 2.25. The van der Waals surface area contributed by atoms with E-state index in [-0.39, 0.29) is 17.0 Å². The van der Waals surface area contributed by atoms with E-state index in [0.717, 1.165) is 18.5 Å². The highest BCUT2D eigenvalue weighted by Gasteiger charge is 2.13. The van der Waals surface area contributed by atoms with Crippen LogP contribution in [0.5, 0.6) is 0 Å². The van der Waals surface area contributed by atoms with Gasteiger partial charge in [-0.2, -0.15) is 4.98 Å². The minimum absolute atomic E-state index is 0.0655. The largest absolute Gasteiger partial charge is 0.351 e. The molecule has 0 aliphatic carbocycles. The van der Waals surface area contributed by atoms with E-state index in [1.807, 2.05) is 25.9 Å². The van der Waals surface area contributed by atoms with Crippen molar-refractivity contribution in [2.45, 2.75) is 13.3 Å². The maximum Gasteiger partial charge on any atom is 0.346 e. The summed E-state index contributed by atoms with van der Waals surface area (Å²) in [5.41, 5.74) is 0.548. The molecule has 0 spiro atoms. The molecule has 0 aliphatic heterocycles. The summed E-state index contributed by atoms with van der Waals surface area (Å²) in [6, 6.07) is 5.93. The van der Waals surface area contributed by atoms with Gasteiger partial charge in [0.2, 0.25) is 0 Å². The average Bonchev–Trinajstić information content (AvgIpc) is 2.52. The monoisotopic (exact) mass is 332 g/mol. The van der Waals surface area contributed by atoms with Gasteiger partial charge in [-0.25, -0.2) is 9.18 Å². The van der Waals surface area contributed by atoms with E-state index in [1.165, 1.54) is 12.1 Å². The van der Waals surface area contributed by atoms with Crippen LogP contribution in [0.25, 0.3) is 11.3 Å². The van der Waals surface area contributed by atoms with Gasteiger partial charge in [0.25, 0.3) is 5.91 Å². The van der Waals surface area contributed by atoms with Crippen molar-refractivity contribution in [3.05, 3.63) is 51.8 Å².